The Morgan fingerprint density at radius 1 is 1.00 bits per heavy atom. The highest BCUT2D eigenvalue weighted by atomic mass is 19.2. The van der Waals surface area contributed by atoms with Crippen LogP contribution in [-0.4, -0.2) is 5.97 Å². The zero-order valence-corrected chi connectivity index (χ0v) is 10.3. The Morgan fingerprint density at radius 2 is 1.70 bits per heavy atom. The van der Waals surface area contributed by atoms with Crippen molar-refractivity contribution in [3.05, 3.63) is 72.3 Å². The Balaban J connectivity index is 2.02. The molecule has 0 heterocycles. The van der Waals surface area contributed by atoms with E-state index in [0.29, 0.717) is 5.56 Å². The zero-order valence-electron chi connectivity index (χ0n) is 10.3. The summed E-state index contributed by atoms with van der Waals surface area (Å²) in [5, 5.41) is 0. The number of hydrogen-bond donors (Lipinski definition) is 0. The van der Waals surface area contributed by atoms with Crippen LogP contribution in [0.25, 0.3) is 5.57 Å². The molecule has 0 bridgehead atoms. The van der Waals surface area contributed by atoms with Crippen molar-refractivity contribution >= 4 is 11.5 Å². The Kier molecular flexibility index (Phi) is 4.10. The molecule has 0 fully saturated rings. The minimum Gasteiger partial charge on any atom is -0.283 e. The molecule has 0 amide bonds. The van der Waals surface area contributed by atoms with Gasteiger partial charge in [0.05, 0.1) is 5.57 Å². The molecule has 102 valence electrons. The van der Waals surface area contributed by atoms with Crippen LogP contribution in [0, 0.1) is 11.6 Å². The van der Waals surface area contributed by atoms with Crippen molar-refractivity contribution < 1.29 is 23.4 Å². The molecule has 0 saturated carbocycles. The van der Waals surface area contributed by atoms with E-state index in [2.05, 4.69) is 16.4 Å². The first-order valence-corrected chi connectivity index (χ1v) is 5.67. The lowest BCUT2D eigenvalue weighted by Gasteiger charge is -2.07. The molecule has 0 aliphatic carbocycles. The molecule has 0 unspecified atom stereocenters. The van der Waals surface area contributed by atoms with E-state index >= 15 is 0 Å². The Hall–Kier alpha value is -2.69. The van der Waals surface area contributed by atoms with E-state index in [1.54, 1.807) is 30.3 Å². The number of hydrogen-bond acceptors (Lipinski definition) is 3. The molecule has 0 radical (unpaired) electrons. The molecule has 0 aliphatic rings. The third kappa shape index (κ3) is 3.00. The molecule has 2 aromatic rings. The summed E-state index contributed by atoms with van der Waals surface area (Å²) < 4.78 is 26.2. The topological polar surface area (TPSA) is 35.5 Å². The van der Waals surface area contributed by atoms with Gasteiger partial charge in [0.2, 0.25) is 11.6 Å². The van der Waals surface area contributed by atoms with Crippen LogP contribution < -0.4 is 4.89 Å². The lowest BCUT2D eigenvalue weighted by atomic mass is 10.1. The van der Waals surface area contributed by atoms with Gasteiger partial charge in [-0.1, -0.05) is 43.0 Å². The predicted molar refractivity (Wildman–Crippen MR) is 68.6 cm³/mol. The van der Waals surface area contributed by atoms with Crippen LogP contribution in [0.5, 0.6) is 5.75 Å². The van der Waals surface area contributed by atoms with Crippen LogP contribution in [0.2, 0.25) is 0 Å². The summed E-state index contributed by atoms with van der Waals surface area (Å²) in [5.74, 6) is -3.73. The van der Waals surface area contributed by atoms with E-state index in [9.17, 15) is 13.6 Å². The molecule has 0 spiro atoms. The van der Waals surface area contributed by atoms with Crippen molar-refractivity contribution in [2.75, 3.05) is 0 Å². The summed E-state index contributed by atoms with van der Waals surface area (Å²) in [7, 11) is 0. The smallest absolute Gasteiger partial charge is 0.283 e. The quantitative estimate of drug-likeness (QED) is 0.487. The molecule has 2 aromatic carbocycles. The number of carbonyl (C=O) groups is 1. The van der Waals surface area contributed by atoms with Crippen LogP contribution in [0.3, 0.4) is 0 Å². The highest BCUT2D eigenvalue weighted by Crippen LogP contribution is 2.20. The molecule has 5 heteroatoms. The minimum atomic E-state index is -1.23. The monoisotopic (exact) mass is 276 g/mol. The molecular formula is C15H10F2O3. The Labute approximate surface area is 114 Å². The number of carbonyl (C=O) groups excluding carboxylic acids is 1. The Morgan fingerprint density at radius 3 is 2.40 bits per heavy atom. The first-order valence-electron chi connectivity index (χ1n) is 5.67. The summed E-state index contributed by atoms with van der Waals surface area (Å²) in [6, 6.07) is 11.8. The van der Waals surface area contributed by atoms with Gasteiger partial charge in [-0.25, -0.2) is 14.1 Å². The highest BCUT2D eigenvalue weighted by molar-refractivity contribution is 6.15. The second-order valence-corrected chi connectivity index (χ2v) is 3.85. The summed E-state index contributed by atoms with van der Waals surface area (Å²) >= 11 is 0. The second kappa shape index (κ2) is 5.97. The van der Waals surface area contributed by atoms with Crippen LogP contribution in [-0.2, 0) is 9.68 Å². The van der Waals surface area contributed by atoms with E-state index in [1.807, 2.05) is 0 Å². The molecule has 0 N–H and O–H groups in total. The average Bonchev–Trinajstić information content (AvgIpc) is 2.48. The SMILES string of the molecule is C=C(C(=O)OOc1cccc(F)c1F)c1ccccc1. The fourth-order valence-electron chi connectivity index (χ4n) is 1.44. The molecule has 3 nitrogen and oxygen atoms in total. The largest absolute Gasteiger partial charge is 0.386 e. The van der Waals surface area contributed by atoms with Gasteiger partial charge in [-0.3, -0.25) is 4.89 Å². The summed E-state index contributed by atoms with van der Waals surface area (Å²) in [5.41, 5.74) is 0.586. The molecule has 0 aliphatic heterocycles. The molecule has 20 heavy (non-hydrogen) atoms. The summed E-state index contributed by atoms with van der Waals surface area (Å²) in [4.78, 5) is 20.6. The van der Waals surface area contributed by atoms with Crippen molar-refractivity contribution in [1.29, 1.82) is 0 Å². The van der Waals surface area contributed by atoms with Crippen molar-refractivity contribution in [3.8, 4) is 5.75 Å². The van der Waals surface area contributed by atoms with Crippen molar-refractivity contribution in [2.45, 2.75) is 0 Å². The fraction of sp³-hybridized carbons (Fsp3) is 0. The standard InChI is InChI=1S/C15H10F2O3/c1-10(11-6-3-2-4-7-11)15(18)20-19-13-9-5-8-12(16)14(13)17/h2-9H,1H2. The lowest BCUT2D eigenvalue weighted by Crippen LogP contribution is -2.10. The van der Waals surface area contributed by atoms with Gasteiger partial charge in [0.1, 0.15) is 0 Å². The van der Waals surface area contributed by atoms with Crippen LogP contribution >= 0.6 is 0 Å². The van der Waals surface area contributed by atoms with E-state index in [-0.39, 0.29) is 5.57 Å². The predicted octanol–water partition coefficient (Wildman–Crippen LogP) is 3.52. The van der Waals surface area contributed by atoms with Gasteiger partial charge in [0, 0.05) is 0 Å². The van der Waals surface area contributed by atoms with E-state index in [0.717, 1.165) is 12.1 Å². The van der Waals surface area contributed by atoms with Crippen LogP contribution in [0.1, 0.15) is 5.56 Å². The van der Waals surface area contributed by atoms with E-state index < -0.39 is 23.4 Å². The first kappa shape index (κ1) is 13.7. The summed E-state index contributed by atoms with van der Waals surface area (Å²) in [6.45, 7) is 3.55. The van der Waals surface area contributed by atoms with E-state index in [4.69, 9.17) is 0 Å². The van der Waals surface area contributed by atoms with E-state index in [1.165, 1.54) is 6.07 Å². The van der Waals surface area contributed by atoms with Gasteiger partial charge in [-0.15, -0.1) is 0 Å². The number of rotatable bonds is 4. The van der Waals surface area contributed by atoms with Gasteiger partial charge in [-0.05, 0) is 17.7 Å². The molecule has 2 rings (SSSR count). The maximum atomic E-state index is 13.3. The average molecular weight is 276 g/mol. The van der Waals surface area contributed by atoms with Crippen LogP contribution in [0.15, 0.2) is 55.1 Å². The molecule has 0 atom stereocenters. The second-order valence-electron chi connectivity index (χ2n) is 3.85. The maximum Gasteiger partial charge on any atom is 0.386 e. The van der Waals surface area contributed by atoms with Gasteiger partial charge in [0.15, 0.2) is 5.82 Å². The number of halogens is 2. The fourth-order valence-corrected chi connectivity index (χ4v) is 1.44. The number of benzene rings is 2. The normalized spacial score (nSPS) is 9.90. The van der Waals surface area contributed by atoms with Crippen LogP contribution in [0.4, 0.5) is 8.78 Å². The van der Waals surface area contributed by atoms with Crippen molar-refractivity contribution in [2.24, 2.45) is 0 Å². The third-order valence-corrected chi connectivity index (χ3v) is 2.49. The summed E-state index contributed by atoms with van der Waals surface area (Å²) in [6.07, 6.45) is 0. The zero-order chi connectivity index (χ0) is 14.5. The van der Waals surface area contributed by atoms with Gasteiger partial charge in [-0.2, -0.15) is 4.39 Å². The highest BCUT2D eigenvalue weighted by Gasteiger charge is 2.15. The van der Waals surface area contributed by atoms with Gasteiger partial charge >= 0.3 is 5.97 Å². The molecule has 0 aromatic heterocycles. The first-order chi connectivity index (χ1) is 9.59. The molecular weight excluding hydrogens is 266 g/mol. The maximum absolute atomic E-state index is 13.3. The van der Waals surface area contributed by atoms with Gasteiger partial charge in [0.25, 0.3) is 0 Å². The lowest BCUT2D eigenvalue weighted by molar-refractivity contribution is -0.207. The van der Waals surface area contributed by atoms with Gasteiger partial charge < -0.3 is 0 Å². The minimum absolute atomic E-state index is 0.0439. The Bertz CT molecular complexity index is 639. The third-order valence-electron chi connectivity index (χ3n) is 2.49. The van der Waals surface area contributed by atoms with Crippen molar-refractivity contribution in [1.82, 2.24) is 0 Å². The van der Waals surface area contributed by atoms with Crippen molar-refractivity contribution in [3.63, 3.8) is 0 Å². The molecule has 0 saturated heterocycles.